The maximum absolute atomic E-state index is 9.78. The van der Waals surface area contributed by atoms with Crippen LogP contribution >= 0.6 is 15.9 Å². The van der Waals surface area contributed by atoms with Crippen LogP contribution in [0.15, 0.2) is 46.9 Å². The molecule has 0 saturated carbocycles. The van der Waals surface area contributed by atoms with E-state index in [1.165, 1.54) is 5.56 Å². The van der Waals surface area contributed by atoms with Crippen LogP contribution < -0.4 is 4.74 Å². The molecule has 3 heteroatoms. The molecule has 0 aliphatic heterocycles. The number of aryl methyl sites for hydroxylation is 1. The first-order chi connectivity index (χ1) is 9.10. The first-order valence-corrected chi connectivity index (χ1v) is 7.13. The standard InChI is InChI=1S/C16H17BrO2/c1-3-12-5-4-6-14(9-12)19-16-10-13(17)7-8-15(16)11(2)18/h4-11,18H,3H2,1-2H3. The Morgan fingerprint density at radius 2 is 2.00 bits per heavy atom. The minimum absolute atomic E-state index is 0.558. The predicted octanol–water partition coefficient (Wildman–Crippen LogP) is 4.86. The molecule has 0 fully saturated rings. The Bertz CT molecular complexity index is 564. The Balaban J connectivity index is 2.33. The van der Waals surface area contributed by atoms with Crippen molar-refractivity contribution in [1.82, 2.24) is 0 Å². The second kappa shape index (κ2) is 6.22. The summed E-state index contributed by atoms with van der Waals surface area (Å²) in [5, 5.41) is 9.78. The highest BCUT2D eigenvalue weighted by molar-refractivity contribution is 9.10. The van der Waals surface area contributed by atoms with Crippen molar-refractivity contribution in [3.63, 3.8) is 0 Å². The van der Waals surface area contributed by atoms with Gasteiger partial charge in [-0.2, -0.15) is 0 Å². The van der Waals surface area contributed by atoms with E-state index in [2.05, 4.69) is 28.9 Å². The van der Waals surface area contributed by atoms with Crippen molar-refractivity contribution in [2.45, 2.75) is 26.4 Å². The largest absolute Gasteiger partial charge is 0.457 e. The summed E-state index contributed by atoms with van der Waals surface area (Å²) in [6, 6.07) is 13.6. The summed E-state index contributed by atoms with van der Waals surface area (Å²) in [6.45, 7) is 3.85. The molecule has 0 aliphatic carbocycles. The van der Waals surface area contributed by atoms with Gasteiger partial charge in [0.05, 0.1) is 6.10 Å². The van der Waals surface area contributed by atoms with Gasteiger partial charge in [0, 0.05) is 10.0 Å². The number of hydrogen-bond acceptors (Lipinski definition) is 2. The Hall–Kier alpha value is -1.32. The maximum atomic E-state index is 9.78. The predicted molar refractivity (Wildman–Crippen MR) is 80.7 cm³/mol. The van der Waals surface area contributed by atoms with E-state index in [9.17, 15) is 5.11 Å². The van der Waals surface area contributed by atoms with Crippen LogP contribution in [-0.4, -0.2) is 5.11 Å². The highest BCUT2D eigenvalue weighted by Crippen LogP contribution is 2.32. The van der Waals surface area contributed by atoms with Crippen molar-refractivity contribution in [2.75, 3.05) is 0 Å². The number of aliphatic hydroxyl groups is 1. The summed E-state index contributed by atoms with van der Waals surface area (Å²) in [6.07, 6.45) is 0.413. The van der Waals surface area contributed by atoms with E-state index in [0.717, 1.165) is 22.2 Å². The van der Waals surface area contributed by atoms with Gasteiger partial charge >= 0.3 is 0 Å². The van der Waals surface area contributed by atoms with Crippen LogP contribution in [0.25, 0.3) is 0 Å². The van der Waals surface area contributed by atoms with E-state index in [1.807, 2.05) is 36.4 Å². The fraction of sp³-hybridized carbons (Fsp3) is 0.250. The van der Waals surface area contributed by atoms with Crippen LogP contribution in [0, 0.1) is 0 Å². The zero-order chi connectivity index (χ0) is 13.8. The SMILES string of the molecule is CCc1cccc(Oc2cc(Br)ccc2C(C)O)c1. The fourth-order valence-corrected chi connectivity index (χ4v) is 2.24. The van der Waals surface area contributed by atoms with Crippen LogP contribution in [0.5, 0.6) is 11.5 Å². The van der Waals surface area contributed by atoms with Crippen molar-refractivity contribution in [3.05, 3.63) is 58.1 Å². The smallest absolute Gasteiger partial charge is 0.134 e. The Kier molecular flexibility index (Phi) is 4.61. The van der Waals surface area contributed by atoms with E-state index in [1.54, 1.807) is 6.92 Å². The van der Waals surface area contributed by atoms with Crippen molar-refractivity contribution in [3.8, 4) is 11.5 Å². The second-order valence-corrected chi connectivity index (χ2v) is 5.38. The van der Waals surface area contributed by atoms with Gasteiger partial charge in [-0.25, -0.2) is 0 Å². The van der Waals surface area contributed by atoms with Crippen molar-refractivity contribution in [2.24, 2.45) is 0 Å². The molecule has 0 bridgehead atoms. The molecule has 1 N–H and O–H groups in total. The fourth-order valence-electron chi connectivity index (χ4n) is 1.90. The third-order valence-electron chi connectivity index (χ3n) is 2.96. The van der Waals surface area contributed by atoms with E-state index in [0.29, 0.717) is 5.75 Å². The maximum Gasteiger partial charge on any atom is 0.134 e. The van der Waals surface area contributed by atoms with Crippen LogP contribution in [0.2, 0.25) is 0 Å². The molecule has 0 aliphatic rings. The Labute approximate surface area is 122 Å². The van der Waals surface area contributed by atoms with Gasteiger partial charge in [0.15, 0.2) is 0 Å². The van der Waals surface area contributed by atoms with Crippen molar-refractivity contribution < 1.29 is 9.84 Å². The molecule has 0 radical (unpaired) electrons. The number of benzene rings is 2. The van der Waals surface area contributed by atoms with Crippen molar-refractivity contribution >= 4 is 15.9 Å². The molecule has 2 aromatic carbocycles. The number of halogens is 1. The molecular weight excluding hydrogens is 304 g/mol. The number of ether oxygens (including phenoxy) is 1. The molecule has 2 aromatic rings. The molecule has 19 heavy (non-hydrogen) atoms. The molecule has 1 atom stereocenters. The number of hydrogen-bond donors (Lipinski definition) is 1. The first kappa shape index (κ1) is 14.1. The quantitative estimate of drug-likeness (QED) is 0.871. The summed E-state index contributed by atoms with van der Waals surface area (Å²) >= 11 is 3.43. The van der Waals surface area contributed by atoms with E-state index >= 15 is 0 Å². The van der Waals surface area contributed by atoms with Crippen LogP contribution in [0.4, 0.5) is 0 Å². The summed E-state index contributed by atoms with van der Waals surface area (Å²) < 4.78 is 6.83. The van der Waals surface area contributed by atoms with Gasteiger partial charge in [-0.15, -0.1) is 0 Å². The lowest BCUT2D eigenvalue weighted by atomic mass is 10.1. The van der Waals surface area contributed by atoms with Crippen molar-refractivity contribution in [1.29, 1.82) is 0 Å². The van der Waals surface area contributed by atoms with Gasteiger partial charge in [0.25, 0.3) is 0 Å². The Morgan fingerprint density at radius 3 is 2.68 bits per heavy atom. The van der Waals surface area contributed by atoms with Gasteiger partial charge in [-0.05, 0) is 43.2 Å². The summed E-state index contributed by atoms with van der Waals surface area (Å²) in [5.74, 6) is 1.47. The minimum atomic E-state index is -0.558. The molecule has 1 unspecified atom stereocenters. The molecule has 0 aromatic heterocycles. The summed E-state index contributed by atoms with van der Waals surface area (Å²) in [7, 11) is 0. The molecule has 0 saturated heterocycles. The first-order valence-electron chi connectivity index (χ1n) is 6.34. The van der Waals surface area contributed by atoms with E-state index < -0.39 is 6.10 Å². The summed E-state index contributed by atoms with van der Waals surface area (Å²) in [4.78, 5) is 0. The lowest BCUT2D eigenvalue weighted by molar-refractivity contribution is 0.195. The molecule has 100 valence electrons. The van der Waals surface area contributed by atoms with Gasteiger partial charge in [0.2, 0.25) is 0 Å². The zero-order valence-corrected chi connectivity index (χ0v) is 12.6. The average molecular weight is 321 g/mol. The minimum Gasteiger partial charge on any atom is -0.457 e. The highest BCUT2D eigenvalue weighted by Gasteiger charge is 2.10. The third kappa shape index (κ3) is 3.58. The lowest BCUT2D eigenvalue weighted by Crippen LogP contribution is -1.96. The average Bonchev–Trinajstić information content (AvgIpc) is 2.38. The second-order valence-electron chi connectivity index (χ2n) is 4.46. The van der Waals surface area contributed by atoms with Gasteiger partial charge in [-0.1, -0.05) is 41.1 Å². The molecule has 0 amide bonds. The van der Waals surface area contributed by atoms with E-state index in [-0.39, 0.29) is 0 Å². The highest BCUT2D eigenvalue weighted by atomic mass is 79.9. The van der Waals surface area contributed by atoms with Gasteiger partial charge in [-0.3, -0.25) is 0 Å². The molecule has 2 nitrogen and oxygen atoms in total. The van der Waals surface area contributed by atoms with Crippen LogP contribution in [-0.2, 0) is 6.42 Å². The molecule has 2 rings (SSSR count). The lowest BCUT2D eigenvalue weighted by Gasteiger charge is -2.14. The van der Waals surface area contributed by atoms with E-state index in [4.69, 9.17) is 4.74 Å². The normalized spacial score (nSPS) is 12.2. The number of aliphatic hydroxyl groups excluding tert-OH is 1. The topological polar surface area (TPSA) is 29.5 Å². The monoisotopic (exact) mass is 320 g/mol. The van der Waals surface area contributed by atoms with Gasteiger partial charge < -0.3 is 9.84 Å². The zero-order valence-electron chi connectivity index (χ0n) is 11.1. The number of rotatable bonds is 4. The van der Waals surface area contributed by atoms with Crippen LogP contribution in [0.1, 0.15) is 31.1 Å². The molecule has 0 heterocycles. The van der Waals surface area contributed by atoms with Gasteiger partial charge in [0.1, 0.15) is 11.5 Å². The Morgan fingerprint density at radius 1 is 1.21 bits per heavy atom. The summed E-state index contributed by atoms with van der Waals surface area (Å²) in [5.41, 5.74) is 2.01. The van der Waals surface area contributed by atoms with Crippen LogP contribution in [0.3, 0.4) is 0 Å². The molecular formula is C16H17BrO2. The third-order valence-corrected chi connectivity index (χ3v) is 3.45. The molecule has 0 spiro atoms.